The van der Waals surface area contributed by atoms with E-state index in [1.807, 2.05) is 42.5 Å². The quantitative estimate of drug-likeness (QED) is 0.664. The summed E-state index contributed by atoms with van der Waals surface area (Å²) in [6.45, 7) is 0. The second kappa shape index (κ2) is 4.00. The maximum atomic E-state index is 10.9. The van der Waals surface area contributed by atoms with E-state index >= 15 is 0 Å². The largest absolute Gasteiger partial charge is 0.493 e. The zero-order chi connectivity index (χ0) is 12.5. The summed E-state index contributed by atoms with van der Waals surface area (Å²) in [5.74, 6) is -0.191. The summed E-state index contributed by atoms with van der Waals surface area (Å²) in [5, 5.41) is 13.2. The first-order valence-electron chi connectivity index (χ1n) is 5.53. The van der Waals surface area contributed by atoms with Crippen LogP contribution >= 0.6 is 0 Å². The molecular formula is C14H10N2O2. The van der Waals surface area contributed by atoms with Gasteiger partial charge in [-0.3, -0.25) is 0 Å². The monoisotopic (exact) mass is 238 g/mol. The summed E-state index contributed by atoms with van der Waals surface area (Å²) < 4.78 is 0. The summed E-state index contributed by atoms with van der Waals surface area (Å²) in [6, 6.07) is 15.3. The number of hydrogen-bond acceptors (Lipinski definition) is 3. The van der Waals surface area contributed by atoms with Gasteiger partial charge in [0.2, 0.25) is 5.88 Å². The van der Waals surface area contributed by atoms with E-state index in [1.165, 1.54) is 0 Å². The predicted molar refractivity (Wildman–Crippen MR) is 70.9 cm³/mol. The Morgan fingerprint density at radius 3 is 2.50 bits per heavy atom. The zero-order valence-corrected chi connectivity index (χ0v) is 9.42. The molecule has 4 heteroatoms. The third-order valence-electron chi connectivity index (χ3n) is 2.95. The first-order chi connectivity index (χ1) is 8.81. The summed E-state index contributed by atoms with van der Waals surface area (Å²) >= 11 is 0. The number of nitrogens with one attached hydrogen (secondary N) is 1. The lowest BCUT2D eigenvalue weighted by atomic mass is 10.0. The Morgan fingerprint density at radius 1 is 1.00 bits per heavy atom. The van der Waals surface area contributed by atoms with Gasteiger partial charge in [-0.25, -0.2) is 0 Å². The average Bonchev–Trinajstić information content (AvgIpc) is 2.74. The van der Waals surface area contributed by atoms with E-state index in [0.717, 1.165) is 11.1 Å². The van der Waals surface area contributed by atoms with Crippen LogP contribution in [0.2, 0.25) is 0 Å². The van der Waals surface area contributed by atoms with Crippen molar-refractivity contribution in [1.29, 1.82) is 0 Å². The van der Waals surface area contributed by atoms with Crippen LogP contribution in [-0.4, -0.2) is 10.1 Å². The minimum atomic E-state index is -0.191. The molecule has 3 aromatic rings. The molecule has 2 N–H and O–H groups in total. The van der Waals surface area contributed by atoms with E-state index in [1.54, 1.807) is 6.07 Å². The summed E-state index contributed by atoms with van der Waals surface area (Å²) in [5.41, 5.74) is 2.61. The molecular weight excluding hydrogens is 228 g/mol. The van der Waals surface area contributed by atoms with E-state index in [4.69, 9.17) is 0 Å². The number of hydrogen-bond donors (Lipinski definition) is 2. The maximum absolute atomic E-state index is 10.9. The third kappa shape index (κ3) is 1.47. The lowest BCUT2D eigenvalue weighted by Gasteiger charge is -2.03. The van der Waals surface area contributed by atoms with Gasteiger partial charge < -0.3 is 10.1 Å². The molecule has 0 fully saturated rings. The van der Waals surface area contributed by atoms with Crippen molar-refractivity contribution >= 4 is 16.6 Å². The molecule has 3 rings (SSSR count). The first kappa shape index (κ1) is 10.5. The fourth-order valence-electron chi connectivity index (χ4n) is 2.16. The third-order valence-corrected chi connectivity index (χ3v) is 2.95. The number of nitrogens with zero attached hydrogens (tertiary/aromatic N) is 1. The van der Waals surface area contributed by atoms with Crippen molar-refractivity contribution in [2.75, 3.05) is 0 Å². The molecule has 0 amide bonds. The molecule has 0 aliphatic carbocycles. The van der Waals surface area contributed by atoms with Gasteiger partial charge in [0, 0.05) is 5.39 Å². The normalized spacial score (nSPS) is 10.7. The molecule has 0 atom stereocenters. The van der Waals surface area contributed by atoms with Crippen molar-refractivity contribution in [3.05, 3.63) is 53.4 Å². The van der Waals surface area contributed by atoms with Crippen molar-refractivity contribution < 1.29 is 5.11 Å². The summed E-state index contributed by atoms with van der Waals surface area (Å²) in [6.07, 6.45) is 0. The van der Waals surface area contributed by atoms with E-state index in [0.29, 0.717) is 10.9 Å². The van der Waals surface area contributed by atoms with Crippen LogP contribution in [0.5, 0.6) is 5.88 Å². The standard InChI is InChI=1S/C14H10N2O2/c17-14-13(16-18)12-10(7-4-8-11(12)15-14)9-5-2-1-3-6-9/h1-8,15,17H. The SMILES string of the molecule is O=Nc1c(O)[nH]c2cccc(-c3ccccc3)c12. The Bertz CT molecular complexity index is 717. The molecule has 1 aromatic heterocycles. The van der Waals surface area contributed by atoms with Crippen molar-refractivity contribution in [3.63, 3.8) is 0 Å². The number of rotatable bonds is 2. The number of benzene rings is 2. The fraction of sp³-hybridized carbons (Fsp3) is 0. The smallest absolute Gasteiger partial charge is 0.219 e. The van der Waals surface area contributed by atoms with Crippen LogP contribution in [0.4, 0.5) is 5.69 Å². The molecule has 2 aromatic carbocycles. The Kier molecular flexibility index (Phi) is 2.34. The highest BCUT2D eigenvalue weighted by Crippen LogP contribution is 2.40. The highest BCUT2D eigenvalue weighted by Gasteiger charge is 2.15. The summed E-state index contributed by atoms with van der Waals surface area (Å²) in [4.78, 5) is 13.6. The molecule has 0 aliphatic heterocycles. The van der Waals surface area contributed by atoms with Gasteiger partial charge in [0.05, 0.1) is 5.52 Å². The van der Waals surface area contributed by atoms with Gasteiger partial charge in [0.25, 0.3) is 0 Å². The Labute approximate surface area is 103 Å². The second-order valence-corrected chi connectivity index (χ2v) is 4.01. The molecule has 0 bridgehead atoms. The lowest BCUT2D eigenvalue weighted by molar-refractivity contribution is 0.460. The van der Waals surface area contributed by atoms with Crippen LogP contribution in [-0.2, 0) is 0 Å². The van der Waals surface area contributed by atoms with Crippen LogP contribution in [0.15, 0.2) is 53.7 Å². The Balaban J connectivity index is 2.40. The van der Waals surface area contributed by atoms with Crippen molar-refractivity contribution in [2.24, 2.45) is 5.18 Å². The van der Waals surface area contributed by atoms with Crippen LogP contribution in [0.1, 0.15) is 0 Å². The topological polar surface area (TPSA) is 65.4 Å². The van der Waals surface area contributed by atoms with Crippen molar-refractivity contribution in [1.82, 2.24) is 4.98 Å². The predicted octanol–water partition coefficient (Wildman–Crippen LogP) is 3.94. The molecule has 18 heavy (non-hydrogen) atoms. The van der Waals surface area contributed by atoms with E-state index in [2.05, 4.69) is 10.2 Å². The number of aromatic hydroxyl groups is 1. The van der Waals surface area contributed by atoms with Crippen LogP contribution in [0.25, 0.3) is 22.0 Å². The van der Waals surface area contributed by atoms with E-state index < -0.39 is 0 Å². The Morgan fingerprint density at radius 2 is 1.78 bits per heavy atom. The van der Waals surface area contributed by atoms with Gasteiger partial charge in [-0.05, 0) is 22.4 Å². The van der Waals surface area contributed by atoms with Gasteiger partial charge >= 0.3 is 0 Å². The Hall–Kier alpha value is -2.62. The minimum absolute atomic E-state index is 0.0597. The maximum Gasteiger partial charge on any atom is 0.219 e. The van der Waals surface area contributed by atoms with Crippen molar-refractivity contribution in [3.8, 4) is 17.0 Å². The summed E-state index contributed by atoms with van der Waals surface area (Å²) in [7, 11) is 0. The molecule has 0 spiro atoms. The fourth-order valence-corrected chi connectivity index (χ4v) is 2.16. The van der Waals surface area contributed by atoms with Gasteiger partial charge in [-0.2, -0.15) is 0 Å². The zero-order valence-electron chi connectivity index (χ0n) is 9.42. The lowest BCUT2D eigenvalue weighted by Crippen LogP contribution is -1.78. The highest BCUT2D eigenvalue weighted by atomic mass is 16.3. The van der Waals surface area contributed by atoms with Crippen LogP contribution in [0.3, 0.4) is 0 Å². The van der Waals surface area contributed by atoms with Gasteiger partial charge in [-0.15, -0.1) is 4.91 Å². The number of aromatic nitrogens is 1. The molecule has 1 heterocycles. The number of H-pyrrole nitrogens is 1. The van der Waals surface area contributed by atoms with E-state index in [9.17, 15) is 10.0 Å². The molecule has 0 saturated heterocycles. The van der Waals surface area contributed by atoms with Gasteiger partial charge in [-0.1, -0.05) is 42.5 Å². The van der Waals surface area contributed by atoms with Crippen LogP contribution in [0, 0.1) is 4.91 Å². The average molecular weight is 238 g/mol. The van der Waals surface area contributed by atoms with Gasteiger partial charge in [0.15, 0.2) is 5.69 Å². The molecule has 0 radical (unpaired) electrons. The molecule has 88 valence electrons. The minimum Gasteiger partial charge on any atom is -0.493 e. The number of nitroso groups, excluding NO2 is 1. The molecule has 0 saturated carbocycles. The first-order valence-corrected chi connectivity index (χ1v) is 5.53. The van der Waals surface area contributed by atoms with Crippen molar-refractivity contribution in [2.45, 2.75) is 0 Å². The molecule has 4 nitrogen and oxygen atoms in total. The van der Waals surface area contributed by atoms with Gasteiger partial charge in [0.1, 0.15) is 0 Å². The highest BCUT2D eigenvalue weighted by molar-refractivity contribution is 6.05. The molecule has 0 aliphatic rings. The molecule has 0 unspecified atom stereocenters. The van der Waals surface area contributed by atoms with E-state index in [-0.39, 0.29) is 11.6 Å². The van der Waals surface area contributed by atoms with Crippen LogP contribution < -0.4 is 0 Å². The number of aromatic amines is 1. The number of fused-ring (bicyclic) bond motifs is 1. The second-order valence-electron chi connectivity index (χ2n) is 4.01.